The molecule has 1 saturated heterocycles. The van der Waals surface area contributed by atoms with E-state index in [2.05, 4.69) is 46.9 Å². The van der Waals surface area contributed by atoms with Crippen molar-refractivity contribution in [2.24, 2.45) is 5.92 Å². The summed E-state index contributed by atoms with van der Waals surface area (Å²) in [5.74, 6) is 0.627. The molecule has 0 radical (unpaired) electrons. The van der Waals surface area contributed by atoms with E-state index in [9.17, 15) is 0 Å². The maximum atomic E-state index is 6.18. The van der Waals surface area contributed by atoms with Crippen molar-refractivity contribution in [2.75, 3.05) is 6.54 Å². The Morgan fingerprint density at radius 1 is 1.25 bits per heavy atom. The molecule has 0 saturated carbocycles. The highest BCUT2D eigenvalue weighted by Crippen LogP contribution is 2.44. The van der Waals surface area contributed by atoms with Crippen molar-refractivity contribution >= 4 is 0 Å². The van der Waals surface area contributed by atoms with Crippen LogP contribution in [-0.4, -0.2) is 23.8 Å². The van der Waals surface area contributed by atoms with Crippen LogP contribution in [0.25, 0.3) is 0 Å². The maximum absolute atomic E-state index is 6.18. The van der Waals surface area contributed by atoms with E-state index in [4.69, 9.17) is 4.74 Å². The fraction of sp³-hybridized carbons (Fsp3) is 1.00. The fourth-order valence-corrected chi connectivity index (χ4v) is 3.25. The molecule has 1 fully saturated rings. The van der Waals surface area contributed by atoms with Crippen molar-refractivity contribution in [1.82, 2.24) is 5.32 Å². The van der Waals surface area contributed by atoms with Gasteiger partial charge in [-0.1, -0.05) is 20.3 Å². The molecule has 0 spiro atoms. The van der Waals surface area contributed by atoms with E-state index < -0.39 is 0 Å². The van der Waals surface area contributed by atoms with Gasteiger partial charge in [0.1, 0.15) is 0 Å². The van der Waals surface area contributed by atoms with Crippen molar-refractivity contribution in [1.29, 1.82) is 0 Å². The smallest absolute Gasteiger partial charge is 0.0677 e. The highest BCUT2D eigenvalue weighted by molar-refractivity contribution is 4.99. The molecule has 16 heavy (non-hydrogen) atoms. The zero-order valence-corrected chi connectivity index (χ0v) is 11.9. The summed E-state index contributed by atoms with van der Waals surface area (Å²) < 4.78 is 6.18. The number of rotatable bonds is 5. The number of ether oxygens (including phenoxy) is 1. The summed E-state index contributed by atoms with van der Waals surface area (Å²) in [4.78, 5) is 0. The number of hydrogen-bond donors (Lipinski definition) is 1. The van der Waals surface area contributed by atoms with E-state index in [1.54, 1.807) is 0 Å². The van der Waals surface area contributed by atoms with E-state index in [0.29, 0.717) is 12.0 Å². The van der Waals surface area contributed by atoms with Crippen LogP contribution in [-0.2, 0) is 4.74 Å². The van der Waals surface area contributed by atoms with Crippen molar-refractivity contribution in [3.8, 4) is 0 Å². The minimum atomic E-state index is 0.00546. The predicted octanol–water partition coefficient (Wildman–Crippen LogP) is 3.36. The van der Waals surface area contributed by atoms with E-state index in [-0.39, 0.29) is 11.2 Å². The second-order valence-electron chi connectivity index (χ2n) is 6.23. The SMILES string of the molecule is CCCC(NCC)C1CC(C)(C)OC1(C)C. The third kappa shape index (κ3) is 3.21. The van der Waals surface area contributed by atoms with Crippen LogP contribution in [0.3, 0.4) is 0 Å². The van der Waals surface area contributed by atoms with Crippen LogP contribution < -0.4 is 5.32 Å². The Hall–Kier alpha value is -0.0800. The lowest BCUT2D eigenvalue weighted by Crippen LogP contribution is -2.44. The van der Waals surface area contributed by atoms with Gasteiger partial charge in [0.25, 0.3) is 0 Å². The summed E-state index contributed by atoms with van der Waals surface area (Å²) >= 11 is 0. The normalized spacial score (nSPS) is 29.2. The Labute approximate surface area is 101 Å². The van der Waals surface area contributed by atoms with Crippen molar-refractivity contribution in [3.05, 3.63) is 0 Å². The van der Waals surface area contributed by atoms with Gasteiger partial charge in [0.15, 0.2) is 0 Å². The predicted molar refractivity (Wildman–Crippen MR) is 69.7 cm³/mol. The second-order valence-corrected chi connectivity index (χ2v) is 6.23. The van der Waals surface area contributed by atoms with Gasteiger partial charge < -0.3 is 10.1 Å². The number of nitrogens with one attached hydrogen (secondary N) is 1. The van der Waals surface area contributed by atoms with Crippen LogP contribution in [0.5, 0.6) is 0 Å². The Balaban J connectivity index is 2.75. The van der Waals surface area contributed by atoms with Crippen LogP contribution in [0.1, 0.15) is 60.8 Å². The van der Waals surface area contributed by atoms with Gasteiger partial charge in [-0.3, -0.25) is 0 Å². The molecule has 0 bridgehead atoms. The van der Waals surface area contributed by atoms with Gasteiger partial charge in [0.05, 0.1) is 11.2 Å². The molecule has 96 valence electrons. The summed E-state index contributed by atoms with van der Waals surface area (Å²) in [6.45, 7) is 14.4. The van der Waals surface area contributed by atoms with Crippen LogP contribution in [0, 0.1) is 5.92 Å². The summed E-state index contributed by atoms with van der Waals surface area (Å²) in [5.41, 5.74) is 0.0427. The molecule has 1 aliphatic heterocycles. The molecule has 0 aromatic rings. The fourth-order valence-electron chi connectivity index (χ4n) is 3.25. The standard InChI is InChI=1S/C14H29NO/c1-7-9-12(15-8-2)11-10-13(3,4)16-14(11,5)6/h11-12,15H,7-10H2,1-6H3. The van der Waals surface area contributed by atoms with E-state index in [1.807, 2.05) is 0 Å². The molecule has 1 heterocycles. The van der Waals surface area contributed by atoms with Gasteiger partial charge >= 0.3 is 0 Å². The highest BCUT2D eigenvalue weighted by Gasteiger charge is 2.48. The first kappa shape index (κ1) is 14.0. The van der Waals surface area contributed by atoms with Crippen molar-refractivity contribution in [2.45, 2.75) is 78.0 Å². The average molecular weight is 227 g/mol. The van der Waals surface area contributed by atoms with Crippen LogP contribution in [0.4, 0.5) is 0 Å². The van der Waals surface area contributed by atoms with E-state index in [1.165, 1.54) is 12.8 Å². The molecule has 2 heteroatoms. The van der Waals surface area contributed by atoms with E-state index in [0.717, 1.165) is 13.0 Å². The topological polar surface area (TPSA) is 21.3 Å². The molecule has 1 rings (SSSR count). The molecule has 1 aliphatic rings. The molecule has 2 nitrogen and oxygen atoms in total. The maximum Gasteiger partial charge on any atom is 0.0677 e. The molecule has 2 atom stereocenters. The first-order valence-corrected chi connectivity index (χ1v) is 6.76. The molecular weight excluding hydrogens is 198 g/mol. The lowest BCUT2D eigenvalue weighted by atomic mass is 9.80. The molecule has 0 amide bonds. The highest BCUT2D eigenvalue weighted by atomic mass is 16.5. The zero-order chi connectivity index (χ0) is 12.4. The minimum Gasteiger partial charge on any atom is -0.369 e. The van der Waals surface area contributed by atoms with Gasteiger partial charge in [0, 0.05) is 12.0 Å². The number of hydrogen-bond acceptors (Lipinski definition) is 2. The monoisotopic (exact) mass is 227 g/mol. The van der Waals surface area contributed by atoms with Gasteiger partial charge in [-0.15, -0.1) is 0 Å². The second kappa shape index (κ2) is 5.05. The van der Waals surface area contributed by atoms with Crippen LogP contribution >= 0.6 is 0 Å². The van der Waals surface area contributed by atoms with Gasteiger partial charge in [-0.25, -0.2) is 0 Å². The Kier molecular flexibility index (Phi) is 4.42. The minimum absolute atomic E-state index is 0.00546. The van der Waals surface area contributed by atoms with Gasteiger partial charge in [-0.2, -0.15) is 0 Å². The lowest BCUT2D eigenvalue weighted by molar-refractivity contribution is -0.0778. The van der Waals surface area contributed by atoms with Crippen LogP contribution in [0.15, 0.2) is 0 Å². The Morgan fingerprint density at radius 3 is 2.25 bits per heavy atom. The Morgan fingerprint density at radius 2 is 1.88 bits per heavy atom. The van der Waals surface area contributed by atoms with Gasteiger partial charge in [-0.05, 0) is 47.1 Å². The van der Waals surface area contributed by atoms with Crippen molar-refractivity contribution in [3.63, 3.8) is 0 Å². The zero-order valence-electron chi connectivity index (χ0n) is 11.9. The molecule has 1 N–H and O–H groups in total. The largest absolute Gasteiger partial charge is 0.369 e. The summed E-state index contributed by atoms with van der Waals surface area (Å²) in [5, 5.41) is 3.64. The van der Waals surface area contributed by atoms with Crippen LogP contribution in [0.2, 0.25) is 0 Å². The molecule has 0 aliphatic carbocycles. The quantitative estimate of drug-likeness (QED) is 0.777. The summed E-state index contributed by atoms with van der Waals surface area (Å²) in [6.07, 6.45) is 3.66. The summed E-state index contributed by atoms with van der Waals surface area (Å²) in [7, 11) is 0. The lowest BCUT2D eigenvalue weighted by Gasteiger charge is -2.33. The first-order valence-electron chi connectivity index (χ1n) is 6.76. The van der Waals surface area contributed by atoms with E-state index >= 15 is 0 Å². The van der Waals surface area contributed by atoms with Crippen molar-refractivity contribution < 1.29 is 4.74 Å². The summed E-state index contributed by atoms with van der Waals surface area (Å²) in [6, 6.07) is 0.603. The Bertz CT molecular complexity index is 217. The average Bonchev–Trinajstić information content (AvgIpc) is 2.34. The molecule has 0 aromatic heterocycles. The third-order valence-corrected chi connectivity index (χ3v) is 3.70. The molecule has 0 aromatic carbocycles. The first-order chi connectivity index (χ1) is 7.32. The third-order valence-electron chi connectivity index (χ3n) is 3.70. The molecular formula is C14H29NO. The van der Waals surface area contributed by atoms with Gasteiger partial charge in [0.2, 0.25) is 0 Å². The molecule has 2 unspecified atom stereocenters.